The first-order chi connectivity index (χ1) is 12.0. The Hall–Kier alpha value is -2.47. The van der Waals surface area contributed by atoms with E-state index in [4.69, 9.17) is 10.5 Å². The van der Waals surface area contributed by atoms with E-state index in [1.807, 2.05) is 43.3 Å². The quantitative estimate of drug-likeness (QED) is 0.710. The summed E-state index contributed by atoms with van der Waals surface area (Å²) >= 11 is 1.27. The number of ether oxygens (including phenoxy) is 1. The van der Waals surface area contributed by atoms with E-state index < -0.39 is 5.91 Å². The zero-order chi connectivity index (χ0) is 18.2. The molecule has 0 aromatic heterocycles. The average Bonchev–Trinajstić information content (AvgIpc) is 2.64. The first-order valence-electron chi connectivity index (χ1n) is 8.00. The van der Waals surface area contributed by atoms with Gasteiger partial charge in [0.2, 0.25) is 5.91 Å². The molecule has 0 spiro atoms. The van der Waals surface area contributed by atoms with Crippen molar-refractivity contribution in [3.05, 3.63) is 59.7 Å². The van der Waals surface area contributed by atoms with Crippen molar-refractivity contribution in [3.8, 4) is 5.75 Å². The summed E-state index contributed by atoms with van der Waals surface area (Å²) in [6.07, 6.45) is 0.759. The van der Waals surface area contributed by atoms with Crippen LogP contribution in [0.15, 0.2) is 53.4 Å². The zero-order valence-corrected chi connectivity index (χ0v) is 15.1. The molecule has 0 aliphatic rings. The van der Waals surface area contributed by atoms with E-state index in [0.717, 1.165) is 22.6 Å². The summed E-state index contributed by atoms with van der Waals surface area (Å²) in [5.74, 6) is 0.332. The van der Waals surface area contributed by atoms with E-state index in [1.165, 1.54) is 11.8 Å². The van der Waals surface area contributed by atoms with Gasteiger partial charge in [-0.15, -0.1) is 11.8 Å². The van der Waals surface area contributed by atoms with Crippen molar-refractivity contribution < 1.29 is 14.3 Å². The van der Waals surface area contributed by atoms with Crippen molar-refractivity contribution in [1.82, 2.24) is 5.32 Å². The summed E-state index contributed by atoms with van der Waals surface area (Å²) in [6.45, 7) is 2.02. The number of methoxy groups -OCH3 is 1. The van der Waals surface area contributed by atoms with Crippen LogP contribution in [0.2, 0.25) is 0 Å². The highest BCUT2D eigenvalue weighted by Gasteiger charge is 2.17. The highest BCUT2D eigenvalue weighted by molar-refractivity contribution is 8.00. The van der Waals surface area contributed by atoms with E-state index >= 15 is 0 Å². The molecular formula is C19H22N2O3S. The Balaban J connectivity index is 2.15. The molecule has 0 aliphatic carbocycles. The van der Waals surface area contributed by atoms with Crippen LogP contribution in [-0.2, 0) is 4.79 Å². The van der Waals surface area contributed by atoms with Crippen LogP contribution in [0, 0.1) is 0 Å². The molecular weight excluding hydrogens is 336 g/mol. The van der Waals surface area contributed by atoms with Crippen LogP contribution < -0.4 is 15.8 Å². The highest BCUT2D eigenvalue weighted by atomic mass is 32.2. The van der Waals surface area contributed by atoms with Gasteiger partial charge >= 0.3 is 0 Å². The predicted octanol–water partition coefficient (Wildman–Crippen LogP) is 3.15. The molecule has 0 heterocycles. The van der Waals surface area contributed by atoms with Gasteiger partial charge in [-0.2, -0.15) is 0 Å². The lowest BCUT2D eigenvalue weighted by Gasteiger charge is -2.19. The Kier molecular flexibility index (Phi) is 6.89. The van der Waals surface area contributed by atoms with E-state index in [0.29, 0.717) is 5.56 Å². The zero-order valence-electron chi connectivity index (χ0n) is 14.3. The van der Waals surface area contributed by atoms with Gasteiger partial charge in [-0.25, -0.2) is 0 Å². The number of hydrogen-bond acceptors (Lipinski definition) is 4. The average molecular weight is 358 g/mol. The van der Waals surface area contributed by atoms with Crippen molar-refractivity contribution in [3.63, 3.8) is 0 Å². The van der Waals surface area contributed by atoms with Crippen molar-refractivity contribution in [2.45, 2.75) is 24.3 Å². The van der Waals surface area contributed by atoms with Crippen LogP contribution in [0.3, 0.4) is 0 Å². The van der Waals surface area contributed by atoms with Crippen molar-refractivity contribution in [2.24, 2.45) is 5.73 Å². The number of hydrogen-bond donors (Lipinski definition) is 2. The first kappa shape index (κ1) is 18.9. The molecule has 25 heavy (non-hydrogen) atoms. The standard InChI is InChI=1S/C19H22N2O3S/c1-3-16(13-8-10-14(24-2)11-9-13)21-19(23)15-6-4-5-7-17(15)25-12-18(20)22/h4-11,16H,3,12H2,1-2H3,(H2,20,22)(H,21,23). The van der Waals surface area contributed by atoms with Gasteiger partial charge in [0.25, 0.3) is 5.91 Å². The van der Waals surface area contributed by atoms with Crippen LogP contribution in [0.5, 0.6) is 5.75 Å². The second-order valence-electron chi connectivity index (χ2n) is 5.46. The summed E-state index contributed by atoms with van der Waals surface area (Å²) in [5, 5.41) is 3.06. The Morgan fingerprint density at radius 3 is 2.44 bits per heavy atom. The fourth-order valence-electron chi connectivity index (χ4n) is 2.42. The highest BCUT2D eigenvalue weighted by Crippen LogP contribution is 2.25. The molecule has 0 saturated heterocycles. The monoisotopic (exact) mass is 358 g/mol. The minimum absolute atomic E-state index is 0.104. The minimum Gasteiger partial charge on any atom is -0.497 e. The van der Waals surface area contributed by atoms with E-state index in [9.17, 15) is 9.59 Å². The fourth-order valence-corrected chi connectivity index (χ4v) is 3.21. The van der Waals surface area contributed by atoms with Crippen molar-refractivity contribution in [2.75, 3.05) is 12.9 Å². The molecule has 132 valence electrons. The van der Waals surface area contributed by atoms with Gasteiger partial charge in [0, 0.05) is 4.90 Å². The molecule has 1 unspecified atom stereocenters. The van der Waals surface area contributed by atoms with E-state index in [2.05, 4.69) is 5.32 Å². The van der Waals surface area contributed by atoms with E-state index in [-0.39, 0.29) is 17.7 Å². The number of nitrogens with two attached hydrogens (primary N) is 1. The van der Waals surface area contributed by atoms with Crippen LogP contribution in [-0.4, -0.2) is 24.7 Å². The maximum absolute atomic E-state index is 12.7. The third-order valence-electron chi connectivity index (χ3n) is 3.73. The molecule has 5 nitrogen and oxygen atoms in total. The van der Waals surface area contributed by atoms with Gasteiger partial charge in [0.1, 0.15) is 5.75 Å². The van der Waals surface area contributed by atoms with Crippen LogP contribution >= 0.6 is 11.8 Å². The number of rotatable bonds is 8. The molecule has 2 aromatic rings. The number of amides is 2. The predicted molar refractivity (Wildman–Crippen MR) is 99.9 cm³/mol. The van der Waals surface area contributed by atoms with Crippen molar-refractivity contribution >= 4 is 23.6 Å². The molecule has 2 rings (SSSR count). The second-order valence-corrected chi connectivity index (χ2v) is 6.48. The molecule has 3 N–H and O–H groups in total. The number of carbonyl (C=O) groups excluding carboxylic acids is 2. The maximum Gasteiger partial charge on any atom is 0.252 e. The molecule has 6 heteroatoms. The Morgan fingerprint density at radius 2 is 1.84 bits per heavy atom. The minimum atomic E-state index is -0.412. The number of nitrogens with one attached hydrogen (secondary N) is 1. The van der Waals surface area contributed by atoms with E-state index in [1.54, 1.807) is 19.2 Å². The molecule has 0 radical (unpaired) electrons. The molecule has 0 bridgehead atoms. The third-order valence-corrected chi connectivity index (χ3v) is 4.83. The van der Waals surface area contributed by atoms with Gasteiger partial charge in [-0.05, 0) is 36.2 Å². The van der Waals surface area contributed by atoms with Crippen LogP contribution in [0.4, 0.5) is 0 Å². The fraction of sp³-hybridized carbons (Fsp3) is 0.263. The van der Waals surface area contributed by atoms with Gasteiger partial charge in [0.05, 0.1) is 24.5 Å². The van der Waals surface area contributed by atoms with Crippen molar-refractivity contribution in [1.29, 1.82) is 0 Å². The smallest absolute Gasteiger partial charge is 0.252 e. The first-order valence-corrected chi connectivity index (χ1v) is 8.98. The lowest BCUT2D eigenvalue weighted by atomic mass is 10.0. The lowest BCUT2D eigenvalue weighted by molar-refractivity contribution is -0.115. The second kappa shape index (κ2) is 9.13. The number of carbonyl (C=O) groups is 2. The summed E-state index contributed by atoms with van der Waals surface area (Å²) in [6, 6.07) is 14.7. The molecule has 0 fully saturated rings. The SMILES string of the molecule is CCC(NC(=O)c1ccccc1SCC(N)=O)c1ccc(OC)cc1. The molecule has 1 atom stereocenters. The largest absolute Gasteiger partial charge is 0.497 e. The number of primary amides is 1. The Morgan fingerprint density at radius 1 is 1.16 bits per heavy atom. The maximum atomic E-state index is 12.7. The molecule has 0 saturated carbocycles. The topological polar surface area (TPSA) is 81.4 Å². The van der Waals surface area contributed by atoms with Gasteiger partial charge in [0.15, 0.2) is 0 Å². The van der Waals surface area contributed by atoms with Crippen LogP contribution in [0.1, 0.15) is 35.3 Å². The summed E-state index contributed by atoms with van der Waals surface area (Å²) < 4.78 is 5.17. The Bertz CT molecular complexity index is 732. The summed E-state index contributed by atoms with van der Waals surface area (Å²) in [7, 11) is 1.62. The molecule has 2 amide bonds. The molecule has 0 aliphatic heterocycles. The number of thioether (sulfide) groups is 1. The summed E-state index contributed by atoms with van der Waals surface area (Å²) in [4.78, 5) is 24.5. The lowest BCUT2D eigenvalue weighted by Crippen LogP contribution is -2.28. The van der Waals surface area contributed by atoms with Gasteiger partial charge in [-0.3, -0.25) is 9.59 Å². The van der Waals surface area contributed by atoms with Gasteiger partial charge < -0.3 is 15.8 Å². The Labute approximate surface area is 151 Å². The number of benzene rings is 2. The third kappa shape index (κ3) is 5.26. The van der Waals surface area contributed by atoms with Gasteiger partial charge in [-0.1, -0.05) is 31.2 Å². The van der Waals surface area contributed by atoms with Crippen LogP contribution in [0.25, 0.3) is 0 Å². The molecule has 2 aromatic carbocycles. The normalized spacial score (nSPS) is 11.6. The summed E-state index contributed by atoms with van der Waals surface area (Å²) in [5.41, 5.74) is 6.75.